The Morgan fingerprint density at radius 1 is 0.906 bits per heavy atom. The Morgan fingerprint density at radius 3 is 1.97 bits per heavy atom. The van der Waals surface area contributed by atoms with Gasteiger partial charge in [0.25, 0.3) is 0 Å². The van der Waals surface area contributed by atoms with Gasteiger partial charge in [-0.2, -0.15) is 0 Å². The Bertz CT molecular complexity index is 571. The van der Waals surface area contributed by atoms with Gasteiger partial charge >= 0.3 is 0 Å². The summed E-state index contributed by atoms with van der Waals surface area (Å²) in [6, 6.07) is 0. The molecule has 0 aromatic carbocycles. The van der Waals surface area contributed by atoms with Crippen LogP contribution < -0.4 is 10.8 Å². The van der Waals surface area contributed by atoms with Crippen LogP contribution in [-0.4, -0.2) is 35.9 Å². The van der Waals surface area contributed by atoms with Gasteiger partial charge in [0, 0.05) is 13.0 Å². The van der Waals surface area contributed by atoms with Crippen molar-refractivity contribution in [3.05, 3.63) is 24.6 Å². The predicted molar refractivity (Wildman–Crippen MR) is 134 cm³/mol. The van der Waals surface area contributed by atoms with Crippen molar-refractivity contribution in [3.8, 4) is 0 Å². The summed E-state index contributed by atoms with van der Waals surface area (Å²) in [4.78, 5) is 15.6. The van der Waals surface area contributed by atoms with Crippen LogP contribution in [0.3, 0.4) is 0 Å². The first-order valence-electron chi connectivity index (χ1n) is 13.3. The highest BCUT2D eigenvalue weighted by molar-refractivity contribution is 5.80. The fourth-order valence-electron chi connectivity index (χ4n) is 4.52. The fraction of sp³-hybridized carbons (Fsp3) is 0.778. The lowest BCUT2D eigenvalue weighted by molar-refractivity contribution is -0.780. The molecule has 32 heavy (non-hydrogen) atoms. The number of carbonyl (C=O) groups is 1. The van der Waals surface area contributed by atoms with E-state index in [0.29, 0.717) is 13.1 Å². The number of carboxylic acids is 1. The number of carboxylic acid groups (broad SMARTS) is 1. The highest BCUT2D eigenvalue weighted by Gasteiger charge is 2.34. The number of aliphatic carboxylic acids is 1. The minimum absolute atomic E-state index is 0.0819. The number of unbranched alkanes of at least 4 members (excludes halogenated alkanes) is 14. The van der Waals surface area contributed by atoms with Crippen LogP contribution in [0.4, 0.5) is 0 Å². The fourth-order valence-corrected chi connectivity index (χ4v) is 4.52. The van der Waals surface area contributed by atoms with Gasteiger partial charge in [-0.05, 0) is 25.7 Å². The molecule has 0 fully saturated rings. The molecule has 1 rings (SSSR count). The molecule has 0 saturated heterocycles. The van der Waals surface area contributed by atoms with Crippen molar-refractivity contribution in [1.82, 2.24) is 0 Å². The van der Waals surface area contributed by atoms with Gasteiger partial charge in [-0.25, -0.2) is 9.48 Å². The van der Waals surface area contributed by atoms with Crippen LogP contribution in [0.15, 0.2) is 29.5 Å². The molecule has 5 nitrogen and oxygen atoms in total. The second-order valence-electron chi connectivity index (χ2n) is 9.31. The van der Waals surface area contributed by atoms with E-state index in [1.807, 2.05) is 6.20 Å². The molecule has 0 aliphatic carbocycles. The number of hydrogen-bond donors (Lipinski definition) is 1. The van der Waals surface area contributed by atoms with Gasteiger partial charge in [0.1, 0.15) is 19.3 Å². The number of aliphatic imine (C=N–C) groups is 1. The maximum atomic E-state index is 11.2. The first kappa shape index (κ1) is 28.6. The quantitative estimate of drug-likeness (QED) is 0.133. The molecule has 0 radical (unpaired) electrons. The number of allylic oxidation sites excluding steroid dienone is 2. The minimum atomic E-state index is -1.06. The summed E-state index contributed by atoms with van der Waals surface area (Å²) in [5.74, 6) is -0.167. The maximum Gasteiger partial charge on any atom is 0.207 e. The normalized spacial score (nSPS) is 18.0. The standard InChI is InChI=1S/C27H49N3O2/c1-2-3-4-5-6-7-8-9-10-11-12-13-14-15-16-17-18-19-20-26-29-22-24-30(26,23-21-28)25-27(31)32/h16-17,22,24H,2-15,18-21,23,25,28H2,1H3/b17-16+. The van der Waals surface area contributed by atoms with Crippen LogP contribution >= 0.6 is 0 Å². The van der Waals surface area contributed by atoms with Crippen LogP contribution in [-0.2, 0) is 4.79 Å². The molecule has 0 spiro atoms. The summed E-state index contributed by atoms with van der Waals surface area (Å²) in [6.45, 7) is 3.18. The van der Waals surface area contributed by atoms with E-state index in [0.717, 1.165) is 31.5 Å². The lowest BCUT2D eigenvalue weighted by Gasteiger charge is -2.32. The van der Waals surface area contributed by atoms with Gasteiger partial charge in [-0.3, -0.25) is 0 Å². The molecule has 0 aromatic rings. The summed E-state index contributed by atoms with van der Waals surface area (Å²) in [6.07, 6.45) is 30.2. The highest BCUT2D eigenvalue weighted by Crippen LogP contribution is 2.20. The van der Waals surface area contributed by atoms with Crippen LogP contribution in [0.25, 0.3) is 0 Å². The maximum absolute atomic E-state index is 11.2. The average Bonchev–Trinajstić information content (AvgIpc) is 3.14. The Labute approximate surface area is 197 Å². The molecular weight excluding hydrogens is 398 g/mol. The average molecular weight is 448 g/mol. The van der Waals surface area contributed by atoms with E-state index in [1.165, 1.54) is 83.5 Å². The van der Waals surface area contributed by atoms with Crippen LogP contribution in [0.5, 0.6) is 0 Å². The van der Waals surface area contributed by atoms with Crippen LogP contribution in [0.2, 0.25) is 0 Å². The lowest BCUT2D eigenvalue weighted by atomic mass is 10.0. The molecule has 2 N–H and O–H groups in total. The molecule has 1 atom stereocenters. The third-order valence-corrected chi connectivity index (χ3v) is 6.44. The SMILES string of the molecule is CCCCCCCCCCCCCCC/C=C/CCCC1=NC=C[N+]1(CCN)CC(=O)[O-]. The van der Waals surface area contributed by atoms with E-state index in [-0.39, 0.29) is 11.0 Å². The van der Waals surface area contributed by atoms with Crippen molar-refractivity contribution in [2.24, 2.45) is 10.7 Å². The molecule has 5 heteroatoms. The van der Waals surface area contributed by atoms with Gasteiger partial charge in [-0.1, -0.05) is 96.1 Å². The van der Waals surface area contributed by atoms with E-state index in [4.69, 9.17) is 5.73 Å². The Balaban J connectivity index is 1.97. The monoisotopic (exact) mass is 447 g/mol. The first-order chi connectivity index (χ1) is 15.6. The van der Waals surface area contributed by atoms with Gasteiger partial charge < -0.3 is 15.6 Å². The highest BCUT2D eigenvalue weighted by atomic mass is 16.4. The summed E-state index contributed by atoms with van der Waals surface area (Å²) >= 11 is 0. The zero-order valence-electron chi connectivity index (χ0n) is 20.7. The molecule has 1 unspecified atom stereocenters. The minimum Gasteiger partial charge on any atom is -0.544 e. The van der Waals surface area contributed by atoms with E-state index in [1.54, 1.807) is 6.20 Å². The molecule has 0 bridgehead atoms. The number of amidine groups is 1. The zero-order chi connectivity index (χ0) is 23.3. The summed E-state index contributed by atoms with van der Waals surface area (Å²) in [5, 5.41) is 11.2. The Morgan fingerprint density at radius 2 is 1.44 bits per heavy atom. The van der Waals surface area contributed by atoms with E-state index < -0.39 is 5.97 Å². The summed E-state index contributed by atoms with van der Waals surface area (Å²) < 4.78 is 0.224. The van der Waals surface area contributed by atoms with E-state index >= 15 is 0 Å². The number of hydrogen-bond acceptors (Lipinski definition) is 4. The lowest BCUT2D eigenvalue weighted by Crippen LogP contribution is -2.55. The van der Waals surface area contributed by atoms with Gasteiger partial charge in [-0.15, -0.1) is 0 Å². The molecule has 1 aliphatic rings. The molecule has 0 amide bonds. The number of nitrogens with zero attached hydrogens (tertiary/aromatic N) is 2. The zero-order valence-corrected chi connectivity index (χ0v) is 20.7. The molecular formula is C27H49N3O2. The smallest absolute Gasteiger partial charge is 0.207 e. The van der Waals surface area contributed by atoms with Crippen molar-refractivity contribution in [3.63, 3.8) is 0 Å². The van der Waals surface area contributed by atoms with Crippen molar-refractivity contribution < 1.29 is 14.4 Å². The number of rotatable bonds is 22. The second-order valence-corrected chi connectivity index (χ2v) is 9.31. The van der Waals surface area contributed by atoms with Gasteiger partial charge in [0.05, 0.1) is 12.2 Å². The van der Waals surface area contributed by atoms with Crippen LogP contribution in [0, 0.1) is 0 Å². The molecule has 0 saturated carbocycles. The topological polar surface area (TPSA) is 78.5 Å². The number of nitrogens with two attached hydrogens (primary N) is 1. The molecule has 184 valence electrons. The molecule has 1 aliphatic heterocycles. The Hall–Kier alpha value is -1.46. The third kappa shape index (κ3) is 13.2. The number of quaternary nitrogens is 1. The van der Waals surface area contributed by atoms with E-state index in [9.17, 15) is 9.90 Å². The molecule has 0 aromatic heterocycles. The summed E-state index contributed by atoms with van der Waals surface area (Å²) in [7, 11) is 0. The third-order valence-electron chi connectivity index (χ3n) is 6.44. The second kappa shape index (κ2) is 19.0. The Kier molecular flexibility index (Phi) is 17.0. The van der Waals surface area contributed by atoms with Gasteiger partial charge in [0.15, 0.2) is 0 Å². The predicted octanol–water partition coefficient (Wildman–Crippen LogP) is 5.60. The van der Waals surface area contributed by atoms with Gasteiger partial charge in [0.2, 0.25) is 5.84 Å². The summed E-state index contributed by atoms with van der Waals surface area (Å²) in [5.41, 5.74) is 5.70. The van der Waals surface area contributed by atoms with Crippen molar-refractivity contribution >= 4 is 11.8 Å². The van der Waals surface area contributed by atoms with Crippen molar-refractivity contribution in [2.75, 3.05) is 19.6 Å². The molecule has 1 heterocycles. The first-order valence-corrected chi connectivity index (χ1v) is 13.3. The largest absolute Gasteiger partial charge is 0.544 e. The number of carbonyl (C=O) groups excluding carboxylic acids is 1. The van der Waals surface area contributed by atoms with E-state index in [2.05, 4.69) is 24.1 Å². The van der Waals surface area contributed by atoms with Crippen molar-refractivity contribution in [1.29, 1.82) is 0 Å². The van der Waals surface area contributed by atoms with Crippen molar-refractivity contribution in [2.45, 2.75) is 116 Å². The van der Waals surface area contributed by atoms with Crippen LogP contribution in [0.1, 0.15) is 116 Å².